The summed E-state index contributed by atoms with van der Waals surface area (Å²) >= 11 is 3.43. The van der Waals surface area contributed by atoms with E-state index in [1.807, 2.05) is 45.8 Å². The lowest BCUT2D eigenvalue weighted by Crippen LogP contribution is -1.97. The van der Waals surface area contributed by atoms with Crippen LogP contribution in [0, 0.1) is 0 Å². The summed E-state index contributed by atoms with van der Waals surface area (Å²) in [6, 6.07) is 8.07. The van der Waals surface area contributed by atoms with Gasteiger partial charge in [0, 0.05) is 0 Å². The van der Waals surface area contributed by atoms with Crippen molar-refractivity contribution in [2.75, 3.05) is 0 Å². The minimum atomic E-state index is -0.121. The molecule has 0 aromatic carbocycles. The first-order valence-corrected chi connectivity index (χ1v) is 7.06. The third kappa shape index (κ3) is 7.49. The Kier molecular flexibility index (Phi) is 7.36. The number of thiophene rings is 2. The van der Waals surface area contributed by atoms with Crippen molar-refractivity contribution in [1.29, 1.82) is 0 Å². The number of rotatable bonds is 0. The average molecular weight is 276 g/mol. The van der Waals surface area contributed by atoms with Crippen LogP contribution < -0.4 is 0 Å². The first-order valence-electron chi connectivity index (χ1n) is 5.17. The highest BCUT2D eigenvalue weighted by Gasteiger charge is 1.97. The summed E-state index contributed by atoms with van der Waals surface area (Å²) < 4.78 is 0. The maximum absolute atomic E-state index is 10.3. The monoisotopic (exact) mass is 276 g/mol. The van der Waals surface area contributed by atoms with Gasteiger partial charge < -0.3 is 0 Å². The van der Waals surface area contributed by atoms with Crippen LogP contribution in [0.5, 0.6) is 0 Å². The van der Waals surface area contributed by atoms with Gasteiger partial charge in [-0.3, -0.25) is 9.59 Å². The number of carbonyl (C=O) groups excluding carboxylic acids is 2. The summed E-state index contributed by atoms with van der Waals surface area (Å²) in [5, 5.41) is 8.17. The van der Waals surface area contributed by atoms with Gasteiger partial charge in [-0.2, -0.15) is 22.7 Å². The molecule has 4 heteroatoms. The molecule has 0 unspecified atom stereocenters. The molecular formula is C14H12O2S2. The van der Waals surface area contributed by atoms with Crippen LogP contribution in [-0.4, -0.2) is 11.6 Å². The molecule has 0 fully saturated rings. The fraction of sp³-hybridized carbons (Fsp3) is 0. The standard InChI is InChI=1S/C6H4O2.2C4H4S/c7-5-1-2-6(8)4-3-5;2*1-2-4-5-3-1/h1-4H;2*1-4H. The maximum atomic E-state index is 10.3. The van der Waals surface area contributed by atoms with Crippen molar-refractivity contribution < 1.29 is 9.59 Å². The molecule has 0 bridgehead atoms. The predicted molar refractivity (Wildman–Crippen MR) is 76.9 cm³/mol. The highest BCUT2D eigenvalue weighted by Crippen LogP contribution is 1.92. The second kappa shape index (κ2) is 9.27. The Morgan fingerprint density at radius 1 is 0.556 bits per heavy atom. The summed E-state index contributed by atoms with van der Waals surface area (Å²) in [5.74, 6) is -0.241. The maximum Gasteiger partial charge on any atom is 0.178 e. The molecule has 1 aliphatic carbocycles. The van der Waals surface area contributed by atoms with E-state index >= 15 is 0 Å². The van der Waals surface area contributed by atoms with Crippen LogP contribution in [0.15, 0.2) is 70.1 Å². The fourth-order valence-corrected chi connectivity index (χ4v) is 1.80. The van der Waals surface area contributed by atoms with E-state index in [9.17, 15) is 9.59 Å². The second-order valence-corrected chi connectivity index (χ2v) is 4.69. The molecule has 0 N–H and O–H groups in total. The van der Waals surface area contributed by atoms with Crippen LogP contribution in [0.3, 0.4) is 0 Å². The molecule has 2 nitrogen and oxygen atoms in total. The topological polar surface area (TPSA) is 34.1 Å². The van der Waals surface area contributed by atoms with E-state index < -0.39 is 0 Å². The highest BCUT2D eigenvalue weighted by molar-refractivity contribution is 7.08. The lowest BCUT2D eigenvalue weighted by atomic mass is 10.2. The molecule has 0 radical (unpaired) electrons. The molecule has 0 amide bonds. The highest BCUT2D eigenvalue weighted by atomic mass is 32.1. The lowest BCUT2D eigenvalue weighted by Gasteiger charge is -1.87. The van der Waals surface area contributed by atoms with E-state index in [1.54, 1.807) is 22.7 Å². The minimum Gasteiger partial charge on any atom is -0.290 e. The summed E-state index contributed by atoms with van der Waals surface area (Å²) in [4.78, 5) is 20.6. The quantitative estimate of drug-likeness (QED) is 0.687. The van der Waals surface area contributed by atoms with Gasteiger partial charge >= 0.3 is 0 Å². The van der Waals surface area contributed by atoms with E-state index in [0.29, 0.717) is 0 Å². The van der Waals surface area contributed by atoms with Crippen LogP contribution in [0.25, 0.3) is 0 Å². The van der Waals surface area contributed by atoms with Gasteiger partial charge in [-0.05, 0) is 45.8 Å². The van der Waals surface area contributed by atoms with Gasteiger partial charge in [-0.15, -0.1) is 0 Å². The summed E-state index contributed by atoms with van der Waals surface area (Å²) in [5.41, 5.74) is 0. The summed E-state index contributed by atoms with van der Waals surface area (Å²) in [6.07, 6.45) is 5.01. The average Bonchev–Trinajstić information content (AvgIpc) is 3.11. The van der Waals surface area contributed by atoms with Gasteiger partial charge in [-0.1, -0.05) is 24.3 Å². The Labute approximate surface area is 114 Å². The molecule has 92 valence electrons. The number of ketones is 2. The van der Waals surface area contributed by atoms with Crippen LogP contribution in [0.1, 0.15) is 0 Å². The molecule has 2 aromatic rings. The molecule has 0 spiro atoms. The molecule has 3 rings (SSSR count). The summed E-state index contributed by atoms with van der Waals surface area (Å²) in [6.45, 7) is 0. The minimum absolute atomic E-state index is 0.121. The molecule has 0 saturated carbocycles. The third-order valence-electron chi connectivity index (χ3n) is 1.67. The Balaban J connectivity index is 0.000000141. The van der Waals surface area contributed by atoms with E-state index in [1.165, 1.54) is 24.3 Å². The van der Waals surface area contributed by atoms with Crippen molar-refractivity contribution >= 4 is 34.2 Å². The number of allylic oxidation sites excluding steroid dienone is 4. The van der Waals surface area contributed by atoms with Gasteiger partial charge in [0.25, 0.3) is 0 Å². The molecule has 2 heterocycles. The molecule has 18 heavy (non-hydrogen) atoms. The number of carbonyl (C=O) groups is 2. The number of hydrogen-bond acceptors (Lipinski definition) is 4. The van der Waals surface area contributed by atoms with Gasteiger partial charge in [0.2, 0.25) is 0 Å². The van der Waals surface area contributed by atoms with Gasteiger partial charge in [0.15, 0.2) is 11.6 Å². The molecular weight excluding hydrogens is 264 g/mol. The van der Waals surface area contributed by atoms with Gasteiger partial charge in [0.1, 0.15) is 0 Å². The smallest absolute Gasteiger partial charge is 0.178 e. The first-order chi connectivity index (χ1) is 8.79. The van der Waals surface area contributed by atoms with Crippen molar-refractivity contribution in [1.82, 2.24) is 0 Å². The molecule has 1 aliphatic rings. The van der Waals surface area contributed by atoms with Gasteiger partial charge in [-0.25, -0.2) is 0 Å². The first kappa shape index (κ1) is 14.3. The van der Waals surface area contributed by atoms with Crippen LogP contribution in [0.4, 0.5) is 0 Å². The van der Waals surface area contributed by atoms with E-state index in [4.69, 9.17) is 0 Å². The third-order valence-corrected chi connectivity index (χ3v) is 2.93. The van der Waals surface area contributed by atoms with Crippen molar-refractivity contribution in [3.8, 4) is 0 Å². The van der Waals surface area contributed by atoms with Crippen molar-refractivity contribution in [2.24, 2.45) is 0 Å². The van der Waals surface area contributed by atoms with Crippen molar-refractivity contribution in [3.05, 3.63) is 70.1 Å². The fourth-order valence-electron chi connectivity index (χ4n) is 0.893. The Morgan fingerprint density at radius 2 is 0.833 bits per heavy atom. The van der Waals surface area contributed by atoms with Crippen molar-refractivity contribution in [3.63, 3.8) is 0 Å². The van der Waals surface area contributed by atoms with E-state index in [-0.39, 0.29) is 11.6 Å². The van der Waals surface area contributed by atoms with Crippen LogP contribution in [0.2, 0.25) is 0 Å². The van der Waals surface area contributed by atoms with E-state index in [2.05, 4.69) is 0 Å². The molecule has 0 aliphatic heterocycles. The zero-order valence-electron chi connectivity index (χ0n) is 9.56. The van der Waals surface area contributed by atoms with Crippen LogP contribution >= 0.6 is 22.7 Å². The Bertz CT molecular complexity index is 395. The van der Waals surface area contributed by atoms with E-state index in [0.717, 1.165) is 0 Å². The predicted octanol–water partition coefficient (Wildman–Crippen LogP) is 3.75. The Hall–Kier alpha value is -1.78. The Morgan fingerprint density at radius 3 is 1.00 bits per heavy atom. The molecule has 0 saturated heterocycles. The van der Waals surface area contributed by atoms with Gasteiger partial charge in [0.05, 0.1) is 0 Å². The van der Waals surface area contributed by atoms with Crippen molar-refractivity contribution in [2.45, 2.75) is 0 Å². The lowest BCUT2D eigenvalue weighted by molar-refractivity contribution is -0.113. The largest absolute Gasteiger partial charge is 0.290 e. The number of hydrogen-bond donors (Lipinski definition) is 0. The zero-order valence-corrected chi connectivity index (χ0v) is 11.2. The second-order valence-electron chi connectivity index (χ2n) is 3.06. The molecule has 0 atom stereocenters. The zero-order chi connectivity index (χ0) is 13.1. The SMILES string of the molecule is O=C1C=CC(=O)C=C1.c1ccsc1.c1ccsc1. The molecule has 2 aromatic heterocycles. The van der Waals surface area contributed by atoms with Crippen LogP contribution in [-0.2, 0) is 9.59 Å². The summed E-state index contributed by atoms with van der Waals surface area (Å²) in [7, 11) is 0. The normalized spacial score (nSPS) is 12.2.